The molecule has 2 aromatic heterocycles. The average molecular weight is 443 g/mol. The van der Waals surface area contributed by atoms with Gasteiger partial charge in [-0.2, -0.15) is 5.10 Å². The Bertz CT molecular complexity index is 1300. The Labute approximate surface area is 180 Å². The Balaban J connectivity index is 1.93. The Morgan fingerprint density at radius 2 is 2.10 bits per heavy atom. The van der Waals surface area contributed by atoms with Crippen LogP contribution in [-0.2, 0) is 0 Å². The van der Waals surface area contributed by atoms with E-state index >= 15 is 0 Å². The largest absolute Gasteiger partial charge is 0.496 e. The molecule has 0 bridgehead atoms. The van der Waals surface area contributed by atoms with Gasteiger partial charge in [-0.25, -0.2) is 14.4 Å². The van der Waals surface area contributed by atoms with E-state index in [1.165, 1.54) is 37.6 Å². The van der Waals surface area contributed by atoms with E-state index in [2.05, 4.69) is 20.2 Å². The fourth-order valence-electron chi connectivity index (χ4n) is 3.28. The van der Waals surface area contributed by atoms with Crippen LogP contribution in [0.25, 0.3) is 22.3 Å². The third kappa shape index (κ3) is 3.61. The number of benzene rings is 2. The summed E-state index contributed by atoms with van der Waals surface area (Å²) in [6, 6.07) is 8.62. The van der Waals surface area contributed by atoms with Crippen molar-refractivity contribution < 1.29 is 14.1 Å². The Kier molecular flexibility index (Phi) is 5.38. The SMILES string of the molecule is CCN(c1nc(-c2c(F)cccc2OC)c2[nH]ncc2n1)c1ccc([N+](=O)[O-])cc1Cl. The minimum absolute atomic E-state index is 0.132. The number of rotatable bonds is 6. The maximum Gasteiger partial charge on any atom is 0.271 e. The van der Waals surface area contributed by atoms with Gasteiger partial charge in [0.05, 0.1) is 34.5 Å². The standard InChI is InChI=1S/C20H16ClFN6O3/c1-3-27(15-8-7-11(28(29)30)9-12(15)21)20-24-14-10-23-26-18(14)19(25-20)17-13(22)5-4-6-16(17)31-2/h4-10H,3H2,1-2H3,(H,23,26). The molecule has 2 heterocycles. The second kappa shape index (κ2) is 8.15. The van der Waals surface area contributed by atoms with Crippen LogP contribution in [0.15, 0.2) is 42.6 Å². The van der Waals surface area contributed by atoms with Gasteiger partial charge in [-0.1, -0.05) is 17.7 Å². The smallest absolute Gasteiger partial charge is 0.271 e. The van der Waals surface area contributed by atoms with Gasteiger partial charge < -0.3 is 9.64 Å². The molecule has 0 aliphatic rings. The highest BCUT2D eigenvalue weighted by molar-refractivity contribution is 6.33. The number of anilines is 2. The molecule has 0 atom stereocenters. The highest BCUT2D eigenvalue weighted by atomic mass is 35.5. The topological polar surface area (TPSA) is 110 Å². The molecule has 4 rings (SSSR count). The average Bonchev–Trinajstić information content (AvgIpc) is 3.23. The number of hydrogen-bond acceptors (Lipinski definition) is 7. The molecule has 158 valence electrons. The molecule has 9 nitrogen and oxygen atoms in total. The molecule has 0 amide bonds. The molecule has 2 aromatic carbocycles. The lowest BCUT2D eigenvalue weighted by Crippen LogP contribution is -2.19. The zero-order valence-electron chi connectivity index (χ0n) is 16.5. The van der Waals surface area contributed by atoms with Crippen LogP contribution in [0.3, 0.4) is 0 Å². The quantitative estimate of drug-likeness (QED) is 0.334. The summed E-state index contributed by atoms with van der Waals surface area (Å²) in [7, 11) is 1.44. The predicted molar refractivity (Wildman–Crippen MR) is 114 cm³/mol. The summed E-state index contributed by atoms with van der Waals surface area (Å²) < 4.78 is 20.1. The summed E-state index contributed by atoms with van der Waals surface area (Å²) in [5, 5.41) is 18.0. The number of ether oxygens (including phenoxy) is 1. The Morgan fingerprint density at radius 1 is 1.29 bits per heavy atom. The van der Waals surface area contributed by atoms with Crippen LogP contribution in [0.4, 0.5) is 21.7 Å². The van der Waals surface area contributed by atoms with E-state index < -0.39 is 10.7 Å². The van der Waals surface area contributed by atoms with Gasteiger partial charge in [0.2, 0.25) is 5.95 Å². The first kappa shape index (κ1) is 20.5. The number of nitrogens with one attached hydrogen (secondary N) is 1. The first-order valence-electron chi connectivity index (χ1n) is 9.20. The van der Waals surface area contributed by atoms with E-state index in [1.807, 2.05) is 6.92 Å². The fourth-order valence-corrected chi connectivity index (χ4v) is 3.56. The Hall–Kier alpha value is -3.79. The number of nitrogens with zero attached hydrogens (tertiary/aromatic N) is 5. The summed E-state index contributed by atoms with van der Waals surface area (Å²) in [6.07, 6.45) is 1.50. The van der Waals surface area contributed by atoms with Crippen LogP contribution in [0.5, 0.6) is 5.75 Å². The van der Waals surface area contributed by atoms with Gasteiger partial charge in [0.25, 0.3) is 5.69 Å². The molecular formula is C20H16ClFN6O3. The van der Waals surface area contributed by atoms with Crippen molar-refractivity contribution in [3.8, 4) is 17.0 Å². The van der Waals surface area contributed by atoms with Gasteiger partial charge in [-0.3, -0.25) is 15.2 Å². The van der Waals surface area contributed by atoms with Crippen LogP contribution in [-0.4, -0.2) is 38.7 Å². The molecule has 0 saturated carbocycles. The van der Waals surface area contributed by atoms with Gasteiger partial charge in [-0.05, 0) is 25.1 Å². The van der Waals surface area contributed by atoms with E-state index in [0.29, 0.717) is 29.0 Å². The predicted octanol–water partition coefficient (Wildman–Crippen LogP) is 4.89. The molecular weight excluding hydrogens is 427 g/mol. The first-order chi connectivity index (χ1) is 14.9. The summed E-state index contributed by atoms with van der Waals surface area (Å²) in [4.78, 5) is 21.3. The van der Waals surface area contributed by atoms with Crippen molar-refractivity contribution in [2.45, 2.75) is 6.92 Å². The summed E-state index contributed by atoms with van der Waals surface area (Å²) in [6.45, 7) is 2.25. The summed E-state index contributed by atoms with van der Waals surface area (Å²) in [5.74, 6) is 0.0146. The second-order valence-corrected chi connectivity index (χ2v) is 6.86. The number of nitro benzene ring substituents is 1. The highest BCUT2D eigenvalue weighted by Gasteiger charge is 2.23. The molecule has 11 heteroatoms. The molecule has 0 radical (unpaired) electrons. The summed E-state index contributed by atoms with van der Waals surface area (Å²) in [5.41, 5.74) is 1.68. The number of nitro groups is 1. The van der Waals surface area contributed by atoms with Crippen molar-refractivity contribution in [3.05, 3.63) is 63.5 Å². The number of methoxy groups -OCH3 is 1. The minimum atomic E-state index is -0.525. The van der Waals surface area contributed by atoms with Crippen molar-refractivity contribution in [1.29, 1.82) is 0 Å². The normalized spacial score (nSPS) is 11.0. The number of aromatic nitrogens is 4. The molecule has 1 N–H and O–H groups in total. The molecule has 0 unspecified atom stereocenters. The van der Waals surface area contributed by atoms with E-state index in [9.17, 15) is 14.5 Å². The van der Waals surface area contributed by atoms with Crippen LogP contribution in [0.2, 0.25) is 5.02 Å². The monoisotopic (exact) mass is 442 g/mol. The van der Waals surface area contributed by atoms with Crippen LogP contribution in [0, 0.1) is 15.9 Å². The molecule has 0 saturated heterocycles. The molecule has 0 spiro atoms. The maximum absolute atomic E-state index is 14.8. The van der Waals surface area contributed by atoms with Crippen molar-refractivity contribution in [2.24, 2.45) is 0 Å². The van der Waals surface area contributed by atoms with Gasteiger partial charge in [0.15, 0.2) is 0 Å². The van der Waals surface area contributed by atoms with E-state index in [4.69, 9.17) is 16.3 Å². The first-order valence-corrected chi connectivity index (χ1v) is 9.57. The third-order valence-electron chi connectivity index (χ3n) is 4.71. The number of aromatic amines is 1. The third-order valence-corrected chi connectivity index (χ3v) is 5.01. The lowest BCUT2D eigenvalue weighted by molar-refractivity contribution is -0.384. The fraction of sp³-hybridized carbons (Fsp3) is 0.150. The number of H-pyrrole nitrogens is 1. The van der Waals surface area contributed by atoms with Crippen molar-refractivity contribution in [1.82, 2.24) is 20.2 Å². The number of hydrogen-bond donors (Lipinski definition) is 1. The van der Waals surface area contributed by atoms with Gasteiger partial charge >= 0.3 is 0 Å². The van der Waals surface area contributed by atoms with Crippen molar-refractivity contribution in [2.75, 3.05) is 18.6 Å². The highest BCUT2D eigenvalue weighted by Crippen LogP contribution is 2.38. The molecule has 31 heavy (non-hydrogen) atoms. The van der Waals surface area contributed by atoms with Crippen molar-refractivity contribution in [3.63, 3.8) is 0 Å². The zero-order chi connectivity index (χ0) is 22.1. The number of halogens is 2. The minimum Gasteiger partial charge on any atom is -0.496 e. The van der Waals surface area contributed by atoms with E-state index in [-0.39, 0.29) is 27.9 Å². The molecule has 4 aromatic rings. The molecule has 0 aliphatic heterocycles. The Morgan fingerprint density at radius 3 is 2.77 bits per heavy atom. The molecule has 0 fully saturated rings. The zero-order valence-corrected chi connectivity index (χ0v) is 17.2. The van der Waals surface area contributed by atoms with Crippen LogP contribution < -0.4 is 9.64 Å². The summed E-state index contributed by atoms with van der Waals surface area (Å²) >= 11 is 6.32. The van der Waals surface area contributed by atoms with Gasteiger partial charge in [-0.15, -0.1) is 0 Å². The second-order valence-electron chi connectivity index (χ2n) is 6.46. The van der Waals surface area contributed by atoms with Gasteiger partial charge in [0.1, 0.15) is 28.3 Å². The van der Waals surface area contributed by atoms with E-state index in [0.717, 1.165) is 0 Å². The number of fused-ring (bicyclic) bond motifs is 1. The van der Waals surface area contributed by atoms with E-state index in [1.54, 1.807) is 17.0 Å². The van der Waals surface area contributed by atoms with Crippen LogP contribution in [0.1, 0.15) is 6.92 Å². The molecule has 0 aliphatic carbocycles. The van der Waals surface area contributed by atoms with Crippen LogP contribution >= 0.6 is 11.6 Å². The lowest BCUT2D eigenvalue weighted by atomic mass is 10.1. The van der Waals surface area contributed by atoms with Gasteiger partial charge in [0, 0.05) is 18.7 Å². The maximum atomic E-state index is 14.8. The van der Waals surface area contributed by atoms with Crippen molar-refractivity contribution >= 4 is 40.0 Å². The lowest BCUT2D eigenvalue weighted by Gasteiger charge is -2.23. The number of non-ortho nitro benzene ring substituents is 1.